The number of methoxy groups -OCH3 is 1. The zero-order chi connectivity index (χ0) is 13.9. The molecule has 0 amide bonds. The minimum absolute atomic E-state index is 0.767. The third-order valence-corrected chi connectivity index (χ3v) is 3.35. The summed E-state index contributed by atoms with van der Waals surface area (Å²) >= 11 is 0. The van der Waals surface area contributed by atoms with Gasteiger partial charge < -0.3 is 4.74 Å². The Kier molecular flexibility index (Phi) is 3.33. The van der Waals surface area contributed by atoms with Gasteiger partial charge in [0.25, 0.3) is 0 Å². The van der Waals surface area contributed by atoms with Gasteiger partial charge in [0.15, 0.2) is 5.82 Å². The fourth-order valence-electron chi connectivity index (χ4n) is 2.29. The van der Waals surface area contributed by atoms with Gasteiger partial charge in [0, 0.05) is 17.0 Å². The first kappa shape index (κ1) is 12.6. The Hall–Kier alpha value is -2.42. The lowest BCUT2D eigenvalue weighted by Crippen LogP contribution is -1.97. The molecule has 3 rings (SSSR count). The van der Waals surface area contributed by atoms with Gasteiger partial charge in [0.1, 0.15) is 5.75 Å². The highest BCUT2D eigenvalue weighted by atomic mass is 16.5. The smallest absolute Gasteiger partial charge is 0.160 e. The number of hydrogen-bond donors (Lipinski definition) is 0. The Morgan fingerprint density at radius 3 is 2.50 bits per heavy atom. The van der Waals surface area contributed by atoms with Crippen LogP contribution in [0.15, 0.2) is 48.5 Å². The molecule has 0 aliphatic rings. The van der Waals surface area contributed by atoms with Crippen LogP contribution in [-0.2, 0) is 6.42 Å². The van der Waals surface area contributed by atoms with E-state index < -0.39 is 0 Å². The highest BCUT2D eigenvalue weighted by Crippen LogP contribution is 2.25. The maximum absolute atomic E-state index is 5.28. The summed E-state index contributed by atoms with van der Waals surface area (Å²) in [5, 5.41) is 1.09. The third-order valence-electron chi connectivity index (χ3n) is 3.35. The Morgan fingerprint density at radius 2 is 1.80 bits per heavy atom. The molecule has 1 aromatic heterocycles. The second kappa shape index (κ2) is 5.29. The summed E-state index contributed by atoms with van der Waals surface area (Å²) in [7, 11) is 1.67. The Bertz CT molecular complexity index is 739. The summed E-state index contributed by atoms with van der Waals surface area (Å²) in [6.45, 7) is 2.11. The largest absolute Gasteiger partial charge is 0.497 e. The summed E-state index contributed by atoms with van der Waals surface area (Å²) in [4.78, 5) is 9.36. The van der Waals surface area contributed by atoms with E-state index in [9.17, 15) is 0 Å². The third kappa shape index (κ3) is 2.23. The van der Waals surface area contributed by atoms with E-state index in [4.69, 9.17) is 9.72 Å². The number of hydrogen-bond acceptors (Lipinski definition) is 3. The van der Waals surface area contributed by atoms with Crippen LogP contribution in [0.2, 0.25) is 0 Å². The van der Waals surface area contributed by atoms with Crippen molar-refractivity contribution in [3.63, 3.8) is 0 Å². The maximum atomic E-state index is 5.28. The number of fused-ring (bicyclic) bond motifs is 1. The predicted molar refractivity (Wildman–Crippen MR) is 80.9 cm³/mol. The first-order valence-electron chi connectivity index (χ1n) is 6.72. The van der Waals surface area contributed by atoms with E-state index in [2.05, 4.69) is 11.9 Å². The van der Waals surface area contributed by atoms with Gasteiger partial charge >= 0.3 is 0 Å². The molecule has 0 fully saturated rings. The monoisotopic (exact) mass is 264 g/mol. The molecule has 100 valence electrons. The van der Waals surface area contributed by atoms with Crippen LogP contribution in [0.4, 0.5) is 0 Å². The maximum Gasteiger partial charge on any atom is 0.160 e. The molecule has 0 atom stereocenters. The SMILES string of the molecule is CCc1nc(-c2ccccc2)nc2cc(OC)ccc12. The minimum Gasteiger partial charge on any atom is -0.497 e. The van der Waals surface area contributed by atoms with Gasteiger partial charge in [-0.2, -0.15) is 0 Å². The molecule has 0 saturated heterocycles. The molecule has 0 N–H and O–H groups in total. The molecule has 0 radical (unpaired) electrons. The Morgan fingerprint density at radius 1 is 1.00 bits per heavy atom. The second-order valence-corrected chi connectivity index (χ2v) is 4.60. The van der Waals surface area contributed by atoms with E-state index in [1.165, 1.54) is 0 Å². The summed E-state index contributed by atoms with van der Waals surface area (Å²) in [5.74, 6) is 1.58. The van der Waals surface area contributed by atoms with Crippen molar-refractivity contribution in [2.75, 3.05) is 7.11 Å². The molecule has 20 heavy (non-hydrogen) atoms. The van der Waals surface area contributed by atoms with Crippen molar-refractivity contribution in [2.45, 2.75) is 13.3 Å². The number of benzene rings is 2. The van der Waals surface area contributed by atoms with Gasteiger partial charge in [-0.3, -0.25) is 0 Å². The van der Waals surface area contributed by atoms with Gasteiger partial charge in [-0.05, 0) is 18.6 Å². The molecule has 2 aromatic carbocycles. The minimum atomic E-state index is 0.767. The van der Waals surface area contributed by atoms with Crippen LogP contribution in [-0.4, -0.2) is 17.1 Å². The van der Waals surface area contributed by atoms with Crippen molar-refractivity contribution in [3.8, 4) is 17.1 Å². The number of aryl methyl sites for hydroxylation is 1. The molecular weight excluding hydrogens is 248 g/mol. The van der Waals surface area contributed by atoms with Gasteiger partial charge in [-0.25, -0.2) is 9.97 Å². The lowest BCUT2D eigenvalue weighted by Gasteiger charge is -2.08. The number of rotatable bonds is 3. The van der Waals surface area contributed by atoms with Crippen LogP contribution >= 0.6 is 0 Å². The summed E-state index contributed by atoms with van der Waals surface area (Å²) in [5.41, 5.74) is 3.03. The fraction of sp³-hybridized carbons (Fsp3) is 0.176. The van der Waals surface area contributed by atoms with Crippen molar-refractivity contribution in [1.29, 1.82) is 0 Å². The number of aromatic nitrogens is 2. The van der Waals surface area contributed by atoms with Crippen LogP contribution in [0.25, 0.3) is 22.3 Å². The molecule has 0 bridgehead atoms. The average Bonchev–Trinajstić information content (AvgIpc) is 2.54. The standard InChI is InChI=1S/C17H16N2O/c1-3-15-14-10-9-13(20-2)11-16(14)19-17(18-15)12-7-5-4-6-8-12/h4-11H,3H2,1-2H3. The van der Waals surface area contributed by atoms with Gasteiger partial charge in [0.2, 0.25) is 0 Å². The van der Waals surface area contributed by atoms with Gasteiger partial charge in [-0.15, -0.1) is 0 Å². The second-order valence-electron chi connectivity index (χ2n) is 4.60. The number of ether oxygens (including phenoxy) is 1. The van der Waals surface area contributed by atoms with Gasteiger partial charge in [-0.1, -0.05) is 37.3 Å². The van der Waals surface area contributed by atoms with Crippen LogP contribution in [0.5, 0.6) is 5.75 Å². The molecule has 0 saturated carbocycles. The van der Waals surface area contributed by atoms with E-state index in [0.29, 0.717) is 0 Å². The molecule has 0 unspecified atom stereocenters. The Labute approximate surface area is 118 Å². The van der Waals surface area contributed by atoms with Crippen LogP contribution in [0.1, 0.15) is 12.6 Å². The van der Waals surface area contributed by atoms with Crippen LogP contribution in [0, 0.1) is 0 Å². The normalized spacial score (nSPS) is 10.7. The molecule has 0 aliphatic carbocycles. The predicted octanol–water partition coefficient (Wildman–Crippen LogP) is 3.87. The van der Waals surface area contributed by atoms with E-state index in [1.54, 1.807) is 7.11 Å². The lowest BCUT2D eigenvalue weighted by molar-refractivity contribution is 0.415. The first-order chi connectivity index (χ1) is 9.81. The molecular formula is C17H16N2O. The summed E-state index contributed by atoms with van der Waals surface area (Å²) < 4.78 is 5.28. The van der Waals surface area contributed by atoms with E-state index in [0.717, 1.165) is 40.2 Å². The quantitative estimate of drug-likeness (QED) is 0.720. The van der Waals surface area contributed by atoms with Crippen molar-refractivity contribution in [1.82, 2.24) is 9.97 Å². The van der Waals surface area contributed by atoms with Crippen molar-refractivity contribution >= 4 is 10.9 Å². The van der Waals surface area contributed by atoms with E-state index in [-0.39, 0.29) is 0 Å². The molecule has 0 spiro atoms. The molecule has 3 aromatic rings. The topological polar surface area (TPSA) is 35.0 Å². The van der Waals surface area contributed by atoms with Crippen molar-refractivity contribution in [3.05, 3.63) is 54.2 Å². The summed E-state index contributed by atoms with van der Waals surface area (Å²) in [6, 6.07) is 16.0. The lowest BCUT2D eigenvalue weighted by atomic mass is 10.1. The molecule has 1 heterocycles. The van der Waals surface area contributed by atoms with Crippen LogP contribution < -0.4 is 4.74 Å². The first-order valence-corrected chi connectivity index (χ1v) is 6.72. The fourth-order valence-corrected chi connectivity index (χ4v) is 2.29. The van der Waals surface area contributed by atoms with Gasteiger partial charge in [0.05, 0.1) is 18.3 Å². The zero-order valence-electron chi connectivity index (χ0n) is 11.6. The van der Waals surface area contributed by atoms with Crippen LogP contribution in [0.3, 0.4) is 0 Å². The zero-order valence-corrected chi connectivity index (χ0v) is 11.6. The van der Waals surface area contributed by atoms with Crippen molar-refractivity contribution < 1.29 is 4.74 Å². The number of nitrogens with zero attached hydrogens (tertiary/aromatic N) is 2. The highest BCUT2D eigenvalue weighted by Gasteiger charge is 2.08. The highest BCUT2D eigenvalue weighted by molar-refractivity contribution is 5.84. The molecule has 3 nitrogen and oxygen atoms in total. The van der Waals surface area contributed by atoms with E-state index >= 15 is 0 Å². The molecule has 3 heteroatoms. The Balaban J connectivity index is 2.24. The van der Waals surface area contributed by atoms with E-state index in [1.807, 2.05) is 48.5 Å². The average molecular weight is 264 g/mol. The van der Waals surface area contributed by atoms with Crippen molar-refractivity contribution in [2.24, 2.45) is 0 Å². The molecule has 0 aliphatic heterocycles. The summed E-state index contributed by atoms with van der Waals surface area (Å²) in [6.07, 6.45) is 0.880.